The van der Waals surface area contributed by atoms with E-state index in [4.69, 9.17) is 9.16 Å². The Morgan fingerprint density at radius 1 is 0.887 bits per heavy atom. The first kappa shape index (κ1) is 40.4. The van der Waals surface area contributed by atoms with E-state index >= 15 is 0 Å². The van der Waals surface area contributed by atoms with Crippen molar-refractivity contribution in [2.24, 2.45) is 51.8 Å². The van der Waals surface area contributed by atoms with Gasteiger partial charge >= 0.3 is 5.97 Å². The lowest BCUT2D eigenvalue weighted by Crippen LogP contribution is -2.68. The minimum absolute atomic E-state index is 0.000627. The summed E-state index contributed by atoms with van der Waals surface area (Å²) in [4.78, 5) is 13.0. The highest BCUT2D eigenvalue weighted by atomic mass is 28.4. The highest BCUT2D eigenvalue weighted by Gasteiger charge is 2.60. The van der Waals surface area contributed by atoms with Gasteiger partial charge in [0.2, 0.25) is 0 Å². The number of aliphatic hydroxyl groups excluding tert-OH is 1. The quantitative estimate of drug-likeness (QED) is 0.142. The number of ether oxygens (including phenoxy) is 1. The zero-order valence-electron chi connectivity index (χ0n) is 34.9. The molecule has 0 heterocycles. The van der Waals surface area contributed by atoms with Gasteiger partial charge in [-0.1, -0.05) is 135 Å². The van der Waals surface area contributed by atoms with Crippen molar-refractivity contribution in [2.45, 2.75) is 151 Å². The molecule has 3 fully saturated rings. The Labute approximate surface area is 324 Å². The van der Waals surface area contributed by atoms with Crippen molar-refractivity contribution < 1.29 is 19.1 Å². The number of benzene rings is 2. The summed E-state index contributed by atoms with van der Waals surface area (Å²) in [5.74, 6) is 2.36. The van der Waals surface area contributed by atoms with Crippen LogP contribution < -0.4 is 10.4 Å². The first-order valence-electron chi connectivity index (χ1n) is 21.3. The number of carbonyl (C=O) groups is 1. The Bertz CT molecular complexity index is 1530. The van der Waals surface area contributed by atoms with E-state index in [2.05, 4.69) is 129 Å². The molecule has 3 saturated carbocycles. The van der Waals surface area contributed by atoms with Crippen molar-refractivity contribution in [3.05, 3.63) is 72.3 Å². The highest BCUT2D eigenvalue weighted by molar-refractivity contribution is 6.99. The van der Waals surface area contributed by atoms with E-state index in [-0.39, 0.29) is 45.2 Å². The number of rotatable bonds is 11. The maximum atomic E-state index is 13.0. The number of hydrogen-bond donors (Lipinski definition) is 1. The molecule has 4 aliphatic carbocycles. The molecule has 0 bridgehead atoms. The van der Waals surface area contributed by atoms with E-state index in [0.29, 0.717) is 36.7 Å². The third kappa shape index (κ3) is 7.67. The van der Waals surface area contributed by atoms with Crippen molar-refractivity contribution in [3.8, 4) is 0 Å². The van der Waals surface area contributed by atoms with Crippen molar-refractivity contribution in [1.29, 1.82) is 0 Å². The van der Waals surface area contributed by atoms with Gasteiger partial charge in [0.25, 0.3) is 8.32 Å². The van der Waals surface area contributed by atoms with Crippen LogP contribution in [-0.2, 0) is 14.0 Å². The van der Waals surface area contributed by atoms with Crippen LogP contribution in [0.4, 0.5) is 0 Å². The van der Waals surface area contributed by atoms with Crippen LogP contribution in [0.15, 0.2) is 72.3 Å². The van der Waals surface area contributed by atoms with Gasteiger partial charge < -0.3 is 14.3 Å². The second kappa shape index (κ2) is 15.4. The standard InChI is InChI=1S/C48H72O4Si/c1-11-51-44(50)34(32-45(3,4)5)30-43(49)33(2)40-24-25-41-39-23-22-35-31-36(26-28-47(35,9)42(39)27-29-48(40,41)10)52-53(46(6,7)8,37-18-14-12-15-19-37)38-20-16-13-17-21-38/h12-22,33-34,36,39-43,49H,11,23-32H2,1-10H3/t33-,34-,36-,39-,40+,41-,42-,43-,47-,48+/m0/s1. The molecule has 2 aromatic rings. The normalized spacial score (nSPS) is 32.1. The fraction of sp³-hybridized carbons (Fsp3) is 0.688. The summed E-state index contributed by atoms with van der Waals surface area (Å²) in [6.45, 7) is 23.5. The molecule has 0 saturated heterocycles. The molecule has 0 spiro atoms. The third-order valence-corrected chi connectivity index (χ3v) is 20.2. The van der Waals surface area contributed by atoms with Crippen LogP contribution in [0.25, 0.3) is 0 Å². The van der Waals surface area contributed by atoms with Gasteiger partial charge in [-0.3, -0.25) is 4.79 Å². The largest absolute Gasteiger partial charge is 0.466 e. The molecule has 1 N–H and O–H groups in total. The summed E-state index contributed by atoms with van der Waals surface area (Å²) in [5.41, 5.74) is 2.13. The van der Waals surface area contributed by atoms with E-state index in [1.165, 1.54) is 48.9 Å². The monoisotopic (exact) mass is 741 g/mol. The van der Waals surface area contributed by atoms with Crippen LogP contribution in [0.1, 0.15) is 133 Å². The first-order valence-corrected chi connectivity index (χ1v) is 23.2. The molecule has 5 heteroatoms. The molecule has 6 rings (SSSR count). The van der Waals surface area contributed by atoms with E-state index in [1.807, 2.05) is 6.92 Å². The van der Waals surface area contributed by atoms with Gasteiger partial charge in [-0.2, -0.15) is 0 Å². The van der Waals surface area contributed by atoms with Gasteiger partial charge in [0, 0.05) is 6.10 Å². The number of hydrogen-bond acceptors (Lipinski definition) is 4. The Hall–Kier alpha value is -2.21. The van der Waals surface area contributed by atoms with E-state index in [1.54, 1.807) is 5.57 Å². The molecule has 0 amide bonds. The Balaban J connectivity index is 1.20. The van der Waals surface area contributed by atoms with Crippen LogP contribution in [0.3, 0.4) is 0 Å². The molecule has 0 aromatic heterocycles. The van der Waals surface area contributed by atoms with E-state index in [0.717, 1.165) is 19.3 Å². The maximum Gasteiger partial charge on any atom is 0.309 e. The number of esters is 1. The van der Waals surface area contributed by atoms with Crippen LogP contribution in [0.5, 0.6) is 0 Å². The van der Waals surface area contributed by atoms with Crippen LogP contribution in [0.2, 0.25) is 5.04 Å². The first-order chi connectivity index (χ1) is 24.9. The zero-order valence-corrected chi connectivity index (χ0v) is 35.9. The SMILES string of the molecule is CCOC(=O)[C@@H](C[C@H](O)[C@@H](C)[C@H]1CC[C@H]2[C@@H]3CC=C4C[C@@H](O[Si](c5ccccc5)(c5ccccc5)C(C)(C)C)CC[C@]4(C)[C@H]3CC[C@]12C)CC(C)(C)C. The fourth-order valence-electron chi connectivity index (χ4n) is 12.6. The van der Waals surface area contributed by atoms with E-state index < -0.39 is 14.4 Å². The van der Waals surface area contributed by atoms with Crippen LogP contribution in [-0.4, -0.2) is 38.2 Å². The summed E-state index contributed by atoms with van der Waals surface area (Å²) in [6, 6.07) is 22.3. The molecule has 292 valence electrons. The summed E-state index contributed by atoms with van der Waals surface area (Å²) < 4.78 is 13.2. The molecule has 0 aliphatic heterocycles. The second-order valence-electron chi connectivity index (χ2n) is 20.5. The lowest BCUT2D eigenvalue weighted by Gasteiger charge is -2.59. The molecule has 2 aromatic carbocycles. The van der Waals surface area contributed by atoms with Crippen molar-refractivity contribution in [2.75, 3.05) is 6.61 Å². The predicted molar refractivity (Wildman–Crippen MR) is 222 cm³/mol. The van der Waals surface area contributed by atoms with Gasteiger partial charge in [-0.25, -0.2) is 0 Å². The molecule has 0 radical (unpaired) electrons. The molecular formula is C48H72O4Si. The summed E-state index contributed by atoms with van der Waals surface area (Å²) in [7, 11) is -2.61. The number of carbonyl (C=O) groups excluding carboxylic acids is 1. The van der Waals surface area contributed by atoms with Crippen molar-refractivity contribution in [3.63, 3.8) is 0 Å². The zero-order chi connectivity index (χ0) is 38.4. The third-order valence-electron chi connectivity index (χ3n) is 15.1. The fourth-order valence-corrected chi connectivity index (χ4v) is 17.3. The molecule has 10 atom stereocenters. The van der Waals surface area contributed by atoms with Gasteiger partial charge in [-0.15, -0.1) is 0 Å². The van der Waals surface area contributed by atoms with Gasteiger partial charge in [0.15, 0.2) is 0 Å². The van der Waals surface area contributed by atoms with Crippen molar-refractivity contribution in [1.82, 2.24) is 0 Å². The summed E-state index contributed by atoms with van der Waals surface area (Å²) in [6.07, 6.45) is 13.2. The van der Waals surface area contributed by atoms with E-state index in [9.17, 15) is 9.90 Å². The number of aliphatic hydroxyl groups is 1. The van der Waals surface area contributed by atoms with Gasteiger partial charge in [0.05, 0.1) is 18.6 Å². The summed E-state index contributed by atoms with van der Waals surface area (Å²) in [5, 5.41) is 14.5. The Morgan fingerprint density at radius 3 is 2.08 bits per heavy atom. The predicted octanol–water partition coefficient (Wildman–Crippen LogP) is 10.5. The lowest BCUT2D eigenvalue weighted by molar-refractivity contribution is -0.151. The van der Waals surface area contributed by atoms with Crippen LogP contribution in [0, 0.1) is 51.8 Å². The van der Waals surface area contributed by atoms with Gasteiger partial charge in [0.1, 0.15) is 0 Å². The second-order valence-corrected chi connectivity index (χ2v) is 24.8. The maximum absolute atomic E-state index is 13.0. The average molecular weight is 741 g/mol. The smallest absolute Gasteiger partial charge is 0.309 e. The highest BCUT2D eigenvalue weighted by Crippen LogP contribution is 2.67. The Kier molecular flexibility index (Phi) is 11.7. The summed E-state index contributed by atoms with van der Waals surface area (Å²) >= 11 is 0. The van der Waals surface area contributed by atoms with Crippen LogP contribution >= 0.6 is 0 Å². The number of allylic oxidation sites excluding steroid dienone is 1. The molecule has 4 aliphatic rings. The van der Waals surface area contributed by atoms with Gasteiger partial charge in [-0.05, 0) is 132 Å². The lowest BCUT2D eigenvalue weighted by atomic mass is 9.47. The molecule has 4 nitrogen and oxygen atoms in total. The molecule has 0 unspecified atom stereocenters. The minimum Gasteiger partial charge on any atom is -0.466 e. The molecular weight excluding hydrogens is 669 g/mol. The minimum atomic E-state index is -2.61. The Morgan fingerprint density at radius 2 is 1.51 bits per heavy atom. The number of fused-ring (bicyclic) bond motifs is 5. The average Bonchev–Trinajstić information content (AvgIpc) is 3.47. The topological polar surface area (TPSA) is 55.8 Å². The van der Waals surface area contributed by atoms with Crippen molar-refractivity contribution >= 4 is 24.7 Å². The molecule has 53 heavy (non-hydrogen) atoms.